The molecule has 1 aliphatic heterocycles. The maximum Gasteiger partial charge on any atom is 0.326 e. The predicted molar refractivity (Wildman–Crippen MR) is 125 cm³/mol. The molecule has 1 aliphatic rings. The molecule has 0 spiro atoms. The van der Waals surface area contributed by atoms with Gasteiger partial charge in [0.05, 0.1) is 24.4 Å². The molecule has 0 saturated heterocycles. The number of allylic oxidation sites excluding steroid dienone is 1. The molecule has 5 rings (SSSR count). The van der Waals surface area contributed by atoms with Crippen molar-refractivity contribution in [3.05, 3.63) is 102 Å². The first-order chi connectivity index (χ1) is 16.5. The second-order valence-electron chi connectivity index (χ2n) is 7.76. The van der Waals surface area contributed by atoms with Crippen LogP contribution in [0.25, 0.3) is 17.0 Å². The van der Waals surface area contributed by atoms with Crippen LogP contribution < -0.4 is 15.0 Å². The third kappa shape index (κ3) is 3.90. The van der Waals surface area contributed by atoms with Gasteiger partial charge >= 0.3 is 6.03 Å². The van der Waals surface area contributed by atoms with Crippen molar-refractivity contribution in [1.82, 2.24) is 15.5 Å². The van der Waals surface area contributed by atoms with Crippen molar-refractivity contribution in [2.75, 3.05) is 12.0 Å². The van der Waals surface area contributed by atoms with Gasteiger partial charge in [0, 0.05) is 11.3 Å². The van der Waals surface area contributed by atoms with Gasteiger partial charge < -0.3 is 14.6 Å². The Morgan fingerprint density at radius 2 is 1.82 bits per heavy atom. The Bertz CT molecular complexity index is 1380. The first-order valence-corrected chi connectivity index (χ1v) is 10.7. The second-order valence-corrected chi connectivity index (χ2v) is 7.76. The van der Waals surface area contributed by atoms with Crippen molar-refractivity contribution in [2.24, 2.45) is 0 Å². The molecule has 4 aromatic rings. The first-order valence-electron chi connectivity index (χ1n) is 10.7. The molecular weight excluding hydrogens is 435 g/mol. The Kier molecular flexibility index (Phi) is 5.55. The van der Waals surface area contributed by atoms with E-state index in [1.807, 2.05) is 55.5 Å². The Labute approximate surface area is 195 Å². The zero-order chi connectivity index (χ0) is 23.7. The number of anilines is 1. The zero-order valence-corrected chi connectivity index (χ0v) is 18.5. The standard InChI is InChI=1S/C26H21FN4O3/c1-16-22(25-29-24(30-34-25)18-9-7-13-21(15-18)33-2)23(17-8-6-10-19(27)14-17)28-26(32)31(16)20-11-4-3-5-12-20/h3-15,23H,1-2H3,(H,28,32). The van der Waals surface area contributed by atoms with Gasteiger partial charge in [0.15, 0.2) is 0 Å². The number of urea groups is 1. The number of aromatic nitrogens is 2. The minimum atomic E-state index is -0.679. The van der Waals surface area contributed by atoms with Gasteiger partial charge in [-0.2, -0.15) is 4.98 Å². The summed E-state index contributed by atoms with van der Waals surface area (Å²) in [5.41, 5.74) is 3.15. The molecule has 0 bridgehead atoms. The van der Waals surface area contributed by atoms with Gasteiger partial charge in [-0.3, -0.25) is 4.90 Å². The minimum absolute atomic E-state index is 0.227. The largest absolute Gasteiger partial charge is 0.497 e. The summed E-state index contributed by atoms with van der Waals surface area (Å²) in [7, 11) is 1.58. The van der Waals surface area contributed by atoms with Crippen molar-refractivity contribution >= 4 is 17.3 Å². The van der Waals surface area contributed by atoms with Crippen LogP contribution in [0.4, 0.5) is 14.9 Å². The normalized spacial score (nSPS) is 15.9. The van der Waals surface area contributed by atoms with E-state index in [4.69, 9.17) is 9.26 Å². The molecule has 34 heavy (non-hydrogen) atoms. The molecule has 1 unspecified atom stereocenters. The number of halogens is 1. The van der Waals surface area contributed by atoms with E-state index < -0.39 is 11.9 Å². The third-order valence-electron chi connectivity index (χ3n) is 5.67. The zero-order valence-electron chi connectivity index (χ0n) is 18.5. The Morgan fingerprint density at radius 3 is 2.59 bits per heavy atom. The molecule has 2 heterocycles. The lowest BCUT2D eigenvalue weighted by Gasteiger charge is -2.35. The Morgan fingerprint density at radius 1 is 1.03 bits per heavy atom. The van der Waals surface area contributed by atoms with E-state index in [1.54, 1.807) is 30.2 Å². The number of nitrogens with zero attached hydrogens (tertiary/aromatic N) is 3. The fourth-order valence-electron chi connectivity index (χ4n) is 4.06. The van der Waals surface area contributed by atoms with E-state index in [0.29, 0.717) is 34.1 Å². The summed E-state index contributed by atoms with van der Waals surface area (Å²) >= 11 is 0. The fourth-order valence-corrected chi connectivity index (χ4v) is 4.06. The summed E-state index contributed by atoms with van der Waals surface area (Å²) in [4.78, 5) is 19.3. The number of ether oxygens (including phenoxy) is 1. The number of carbonyl (C=O) groups is 1. The van der Waals surface area contributed by atoms with Crippen molar-refractivity contribution in [1.29, 1.82) is 0 Å². The third-order valence-corrected chi connectivity index (χ3v) is 5.67. The Balaban J connectivity index is 1.65. The van der Waals surface area contributed by atoms with Crippen LogP contribution in [-0.2, 0) is 0 Å². The molecule has 170 valence electrons. The average Bonchev–Trinajstić information content (AvgIpc) is 3.34. The lowest BCUT2D eigenvalue weighted by Crippen LogP contribution is -2.46. The second kappa shape index (κ2) is 8.82. The number of carbonyl (C=O) groups excluding carboxylic acids is 1. The van der Waals surface area contributed by atoms with Gasteiger partial charge in [0.1, 0.15) is 11.6 Å². The molecule has 1 atom stereocenters. The van der Waals surface area contributed by atoms with Gasteiger partial charge in [-0.05, 0) is 48.9 Å². The highest BCUT2D eigenvalue weighted by Crippen LogP contribution is 2.39. The molecule has 3 aromatic carbocycles. The van der Waals surface area contributed by atoms with E-state index in [9.17, 15) is 9.18 Å². The monoisotopic (exact) mass is 456 g/mol. The first kappa shape index (κ1) is 21.4. The van der Waals surface area contributed by atoms with Crippen LogP contribution in [0.3, 0.4) is 0 Å². The summed E-state index contributed by atoms with van der Waals surface area (Å²) in [6.07, 6.45) is 0. The Hall–Kier alpha value is -4.46. The van der Waals surface area contributed by atoms with Crippen LogP contribution >= 0.6 is 0 Å². The highest BCUT2D eigenvalue weighted by Gasteiger charge is 2.36. The summed E-state index contributed by atoms with van der Waals surface area (Å²) in [5.74, 6) is 0.856. The van der Waals surface area contributed by atoms with E-state index >= 15 is 0 Å². The van der Waals surface area contributed by atoms with Crippen molar-refractivity contribution in [2.45, 2.75) is 13.0 Å². The molecule has 2 amide bonds. The number of benzene rings is 3. The lowest BCUT2D eigenvalue weighted by molar-refractivity contribution is 0.244. The number of hydrogen-bond acceptors (Lipinski definition) is 5. The van der Waals surface area contributed by atoms with Gasteiger partial charge in [-0.15, -0.1) is 0 Å². The lowest BCUT2D eigenvalue weighted by atomic mass is 9.94. The topological polar surface area (TPSA) is 80.5 Å². The average molecular weight is 456 g/mol. The summed E-state index contributed by atoms with van der Waals surface area (Å²) in [6, 6.07) is 21.6. The van der Waals surface area contributed by atoms with E-state index in [0.717, 1.165) is 5.56 Å². The number of hydrogen-bond donors (Lipinski definition) is 1. The fraction of sp³-hybridized carbons (Fsp3) is 0.115. The number of amides is 2. The molecule has 0 aliphatic carbocycles. The smallest absolute Gasteiger partial charge is 0.326 e. The number of para-hydroxylation sites is 1. The predicted octanol–water partition coefficient (Wildman–Crippen LogP) is 5.59. The van der Waals surface area contributed by atoms with Crippen LogP contribution in [-0.4, -0.2) is 23.3 Å². The van der Waals surface area contributed by atoms with Gasteiger partial charge in [-0.25, -0.2) is 9.18 Å². The van der Waals surface area contributed by atoms with Crippen LogP contribution in [0.15, 0.2) is 89.1 Å². The molecule has 0 radical (unpaired) electrons. The van der Waals surface area contributed by atoms with E-state index in [2.05, 4.69) is 15.5 Å². The summed E-state index contributed by atoms with van der Waals surface area (Å²) in [5, 5.41) is 7.12. The molecule has 1 N–H and O–H groups in total. The maximum absolute atomic E-state index is 14.1. The number of rotatable bonds is 5. The van der Waals surface area contributed by atoms with E-state index in [1.165, 1.54) is 12.1 Å². The van der Waals surface area contributed by atoms with Crippen molar-refractivity contribution in [3.8, 4) is 17.1 Å². The highest BCUT2D eigenvalue weighted by molar-refractivity contribution is 6.01. The molecule has 8 heteroatoms. The van der Waals surface area contributed by atoms with Crippen molar-refractivity contribution < 1.29 is 18.4 Å². The number of nitrogens with one attached hydrogen (secondary N) is 1. The minimum Gasteiger partial charge on any atom is -0.497 e. The summed E-state index contributed by atoms with van der Waals surface area (Å²) in [6.45, 7) is 1.81. The molecule has 7 nitrogen and oxygen atoms in total. The van der Waals surface area contributed by atoms with Gasteiger partial charge in [-0.1, -0.05) is 47.6 Å². The maximum atomic E-state index is 14.1. The van der Waals surface area contributed by atoms with Crippen LogP contribution in [0.2, 0.25) is 0 Å². The van der Waals surface area contributed by atoms with Crippen molar-refractivity contribution in [3.63, 3.8) is 0 Å². The molecule has 0 fully saturated rings. The van der Waals surface area contributed by atoms with Crippen LogP contribution in [0.5, 0.6) is 5.75 Å². The van der Waals surface area contributed by atoms with E-state index in [-0.39, 0.29) is 11.9 Å². The SMILES string of the molecule is COc1cccc(-c2noc(C3=C(C)N(c4ccccc4)C(=O)NC3c3cccc(F)c3)n2)c1. The highest BCUT2D eigenvalue weighted by atomic mass is 19.1. The van der Waals surface area contributed by atoms with Crippen LogP contribution in [0.1, 0.15) is 24.4 Å². The van der Waals surface area contributed by atoms with Gasteiger partial charge in [0.25, 0.3) is 5.89 Å². The quantitative estimate of drug-likeness (QED) is 0.424. The molecular formula is C26H21FN4O3. The van der Waals surface area contributed by atoms with Crippen LogP contribution in [0, 0.1) is 5.82 Å². The molecule has 0 saturated carbocycles. The molecule has 1 aromatic heterocycles. The summed E-state index contributed by atoms with van der Waals surface area (Å²) < 4.78 is 25.0. The van der Waals surface area contributed by atoms with Gasteiger partial charge in [0.2, 0.25) is 5.82 Å². The number of methoxy groups -OCH3 is 1.